The number of ether oxygens (including phenoxy) is 1. The topological polar surface area (TPSA) is 103 Å². The largest absolute Gasteiger partial charge is 0.443 e. The zero-order valence-corrected chi connectivity index (χ0v) is 13.9. The Bertz CT molecular complexity index is 626. The maximum Gasteiger partial charge on any atom is 0.289 e. The molecule has 0 aliphatic carbocycles. The quantitative estimate of drug-likeness (QED) is 0.844. The summed E-state index contributed by atoms with van der Waals surface area (Å²) in [5.41, 5.74) is 0. The Morgan fingerprint density at radius 3 is 2.90 bits per heavy atom. The first-order valence-electron chi connectivity index (χ1n) is 6.43. The number of piperidine rings is 1. The van der Waals surface area contributed by atoms with E-state index in [4.69, 9.17) is 14.3 Å². The fraction of sp³-hybridized carbons (Fsp3) is 0.583. The maximum atomic E-state index is 12.4. The molecule has 1 saturated heterocycles. The highest BCUT2D eigenvalue weighted by molar-refractivity contribution is 9.10. The van der Waals surface area contributed by atoms with E-state index in [1.807, 2.05) is 0 Å². The van der Waals surface area contributed by atoms with Crippen LogP contribution in [0.4, 0.5) is 0 Å². The van der Waals surface area contributed by atoms with Crippen molar-refractivity contribution in [1.29, 1.82) is 0 Å². The molecular weight excluding hydrogens is 364 g/mol. The van der Waals surface area contributed by atoms with E-state index in [1.54, 1.807) is 12.0 Å². The van der Waals surface area contributed by atoms with Crippen molar-refractivity contribution in [3.8, 4) is 0 Å². The van der Waals surface area contributed by atoms with Gasteiger partial charge in [-0.2, -0.15) is 0 Å². The van der Waals surface area contributed by atoms with Crippen LogP contribution >= 0.6 is 15.9 Å². The molecule has 0 bridgehead atoms. The number of likely N-dealkylation sites (tertiary alicyclic amines) is 1. The summed E-state index contributed by atoms with van der Waals surface area (Å²) in [5, 5.41) is 5.05. The SMILES string of the molecule is COCC1CCCN(C(=O)c2cc(S(N)(=O)=O)c(Br)o2)C1. The number of hydrogen-bond donors (Lipinski definition) is 1. The van der Waals surface area contributed by atoms with Crippen molar-refractivity contribution >= 4 is 31.9 Å². The van der Waals surface area contributed by atoms with Gasteiger partial charge in [0.25, 0.3) is 5.91 Å². The predicted octanol–water partition coefficient (Wildman–Crippen LogP) is 1.19. The van der Waals surface area contributed by atoms with Gasteiger partial charge in [0.05, 0.1) is 6.61 Å². The van der Waals surface area contributed by atoms with E-state index in [-0.39, 0.29) is 27.2 Å². The molecule has 21 heavy (non-hydrogen) atoms. The van der Waals surface area contributed by atoms with Crippen LogP contribution in [-0.2, 0) is 14.8 Å². The van der Waals surface area contributed by atoms with Gasteiger partial charge in [-0.05, 0) is 34.7 Å². The first-order valence-corrected chi connectivity index (χ1v) is 8.77. The fourth-order valence-electron chi connectivity index (χ4n) is 2.43. The van der Waals surface area contributed by atoms with Gasteiger partial charge in [-0.25, -0.2) is 13.6 Å². The number of sulfonamides is 1. The monoisotopic (exact) mass is 380 g/mol. The lowest BCUT2D eigenvalue weighted by atomic mass is 9.99. The molecule has 1 aromatic heterocycles. The number of hydrogen-bond acceptors (Lipinski definition) is 5. The molecule has 0 aromatic carbocycles. The molecule has 118 valence electrons. The lowest BCUT2D eigenvalue weighted by molar-refractivity contribution is 0.0542. The number of carbonyl (C=O) groups is 1. The maximum absolute atomic E-state index is 12.4. The van der Waals surface area contributed by atoms with Gasteiger partial charge in [0, 0.05) is 26.3 Å². The molecule has 1 unspecified atom stereocenters. The summed E-state index contributed by atoms with van der Waals surface area (Å²) in [6.07, 6.45) is 1.88. The van der Waals surface area contributed by atoms with Crippen molar-refractivity contribution in [1.82, 2.24) is 4.90 Å². The predicted molar refractivity (Wildman–Crippen MR) is 78.3 cm³/mol. The van der Waals surface area contributed by atoms with E-state index in [0.717, 1.165) is 18.9 Å². The molecule has 1 aromatic rings. The fourth-order valence-corrected chi connectivity index (χ4v) is 3.93. The number of nitrogens with two attached hydrogens (primary N) is 1. The normalized spacial score (nSPS) is 19.8. The number of amides is 1. The van der Waals surface area contributed by atoms with Gasteiger partial charge in [0.1, 0.15) is 4.90 Å². The summed E-state index contributed by atoms with van der Waals surface area (Å²) in [6, 6.07) is 1.15. The lowest BCUT2D eigenvalue weighted by Crippen LogP contribution is -2.41. The Morgan fingerprint density at radius 2 is 2.33 bits per heavy atom. The van der Waals surface area contributed by atoms with Crippen molar-refractivity contribution in [3.63, 3.8) is 0 Å². The van der Waals surface area contributed by atoms with Crippen LogP contribution in [0.3, 0.4) is 0 Å². The third-order valence-electron chi connectivity index (χ3n) is 3.38. The Labute approximate surface area is 131 Å². The molecule has 0 radical (unpaired) electrons. The van der Waals surface area contributed by atoms with Crippen LogP contribution in [-0.4, -0.2) is 46.0 Å². The molecular formula is C12H17BrN2O5S. The van der Waals surface area contributed by atoms with Crippen molar-refractivity contribution in [2.75, 3.05) is 26.8 Å². The van der Waals surface area contributed by atoms with Crippen LogP contribution in [0.2, 0.25) is 0 Å². The van der Waals surface area contributed by atoms with Gasteiger partial charge in [-0.1, -0.05) is 0 Å². The van der Waals surface area contributed by atoms with E-state index in [2.05, 4.69) is 15.9 Å². The number of furan rings is 1. The zero-order chi connectivity index (χ0) is 15.6. The van der Waals surface area contributed by atoms with Gasteiger partial charge >= 0.3 is 0 Å². The average molecular weight is 381 g/mol. The van der Waals surface area contributed by atoms with Crippen LogP contribution in [0.15, 0.2) is 20.0 Å². The Kier molecular flexibility index (Phi) is 5.07. The number of halogens is 1. The van der Waals surface area contributed by atoms with Crippen molar-refractivity contribution in [2.24, 2.45) is 11.1 Å². The van der Waals surface area contributed by atoms with Crippen LogP contribution in [0, 0.1) is 5.92 Å². The standard InChI is InChI=1S/C12H17BrN2O5S/c1-19-7-8-3-2-4-15(6-8)12(16)9-5-10(11(13)20-9)21(14,17)18/h5,8H,2-4,6-7H2,1H3,(H2,14,17,18). The average Bonchev–Trinajstić information content (AvgIpc) is 2.81. The summed E-state index contributed by atoms with van der Waals surface area (Å²) in [4.78, 5) is 13.8. The second kappa shape index (κ2) is 6.47. The molecule has 9 heteroatoms. The minimum atomic E-state index is -3.93. The Morgan fingerprint density at radius 1 is 1.62 bits per heavy atom. The smallest absolute Gasteiger partial charge is 0.289 e. The summed E-state index contributed by atoms with van der Waals surface area (Å²) < 4.78 is 32.9. The summed E-state index contributed by atoms with van der Waals surface area (Å²) in [5.74, 6) is -0.0980. The molecule has 1 atom stereocenters. The molecule has 1 amide bonds. The highest BCUT2D eigenvalue weighted by Gasteiger charge is 2.28. The van der Waals surface area contributed by atoms with Gasteiger partial charge < -0.3 is 14.1 Å². The van der Waals surface area contributed by atoms with Crippen LogP contribution in [0.5, 0.6) is 0 Å². The first-order chi connectivity index (χ1) is 9.82. The lowest BCUT2D eigenvalue weighted by Gasteiger charge is -2.31. The van der Waals surface area contributed by atoms with Crippen molar-refractivity contribution in [2.45, 2.75) is 17.7 Å². The summed E-state index contributed by atoms with van der Waals surface area (Å²) >= 11 is 2.97. The molecule has 1 fully saturated rings. The third kappa shape index (κ3) is 3.85. The van der Waals surface area contributed by atoms with Gasteiger partial charge in [-0.15, -0.1) is 0 Å². The minimum absolute atomic E-state index is 0.0380. The van der Waals surface area contributed by atoms with E-state index in [0.29, 0.717) is 19.7 Å². The molecule has 1 aliphatic rings. The second-order valence-corrected chi connectivity index (χ2v) is 7.26. The number of methoxy groups -OCH3 is 1. The van der Waals surface area contributed by atoms with Crippen LogP contribution < -0.4 is 5.14 Å². The highest BCUT2D eigenvalue weighted by Crippen LogP contribution is 2.27. The first kappa shape index (κ1) is 16.5. The zero-order valence-electron chi connectivity index (χ0n) is 11.5. The molecule has 2 rings (SSSR count). The van der Waals surface area contributed by atoms with E-state index < -0.39 is 10.0 Å². The number of rotatable bonds is 4. The molecule has 7 nitrogen and oxygen atoms in total. The minimum Gasteiger partial charge on any atom is -0.443 e. The van der Waals surface area contributed by atoms with E-state index in [1.165, 1.54) is 0 Å². The summed E-state index contributed by atoms with van der Waals surface area (Å²) in [7, 11) is -2.30. The number of nitrogens with zero attached hydrogens (tertiary/aromatic N) is 1. The number of primary sulfonamides is 1. The molecule has 2 heterocycles. The molecule has 1 aliphatic heterocycles. The van der Waals surface area contributed by atoms with Gasteiger partial charge in [0.15, 0.2) is 10.4 Å². The van der Waals surface area contributed by atoms with Crippen molar-refractivity contribution < 1.29 is 22.4 Å². The van der Waals surface area contributed by atoms with Crippen LogP contribution in [0.25, 0.3) is 0 Å². The van der Waals surface area contributed by atoms with E-state index in [9.17, 15) is 13.2 Å². The Balaban J connectivity index is 2.17. The van der Waals surface area contributed by atoms with Crippen LogP contribution in [0.1, 0.15) is 23.4 Å². The number of carbonyl (C=O) groups excluding carboxylic acids is 1. The van der Waals surface area contributed by atoms with Crippen molar-refractivity contribution in [3.05, 3.63) is 16.5 Å². The van der Waals surface area contributed by atoms with Gasteiger partial charge in [-0.3, -0.25) is 4.79 Å². The molecule has 2 N–H and O–H groups in total. The van der Waals surface area contributed by atoms with E-state index >= 15 is 0 Å². The third-order valence-corrected chi connectivity index (χ3v) is 5.15. The molecule has 0 spiro atoms. The van der Waals surface area contributed by atoms with Gasteiger partial charge in [0.2, 0.25) is 10.0 Å². The molecule has 0 saturated carbocycles. The summed E-state index contributed by atoms with van der Waals surface area (Å²) in [6.45, 7) is 1.77. The highest BCUT2D eigenvalue weighted by atomic mass is 79.9. The second-order valence-electron chi connectivity index (χ2n) is 5.01. The Hall–Kier alpha value is -0.900.